The summed E-state index contributed by atoms with van der Waals surface area (Å²) in [7, 11) is 0. The van der Waals surface area contributed by atoms with E-state index in [1.54, 1.807) is 10.9 Å². The van der Waals surface area contributed by atoms with Gasteiger partial charge in [0.15, 0.2) is 10.1 Å². The van der Waals surface area contributed by atoms with Crippen molar-refractivity contribution in [3.8, 4) is 0 Å². The third kappa shape index (κ3) is 4.90. The second-order valence-corrected chi connectivity index (χ2v) is 1.75. The summed E-state index contributed by atoms with van der Waals surface area (Å²) in [5.41, 5.74) is 3.23. The number of rotatable bonds is 4. The molecular formula is C2H6N8O5. The number of aromatic nitrogens is 3. The lowest BCUT2D eigenvalue weighted by Crippen LogP contribution is -2.10. The van der Waals surface area contributed by atoms with Crippen LogP contribution in [0.25, 0.3) is 0 Å². The molecule has 0 fully saturated rings. The first kappa shape index (κ1) is 12.5. The Balaban J connectivity index is 0.000000921. The zero-order chi connectivity index (χ0) is 11.8. The summed E-state index contributed by atoms with van der Waals surface area (Å²) in [6, 6.07) is 0. The molecule has 0 unspecified atom stereocenters. The van der Waals surface area contributed by atoms with Crippen LogP contribution >= 0.6 is 0 Å². The summed E-state index contributed by atoms with van der Waals surface area (Å²) in [5.74, 6) is 2.84. The molecule has 0 aliphatic heterocycles. The van der Waals surface area contributed by atoms with Crippen molar-refractivity contribution in [3.05, 3.63) is 20.2 Å². The highest BCUT2D eigenvalue weighted by atomic mass is 16.7. The molecule has 1 aromatic heterocycles. The molecule has 0 spiro atoms. The third-order valence-electron chi connectivity index (χ3n) is 0.874. The molecule has 0 saturated carbocycles. The molecule has 0 radical (unpaired) electrons. The zero-order valence-electron chi connectivity index (χ0n) is 6.95. The van der Waals surface area contributed by atoms with Crippen molar-refractivity contribution in [1.82, 2.24) is 15.2 Å². The van der Waals surface area contributed by atoms with Gasteiger partial charge in [-0.25, -0.2) is 31.2 Å². The average molecular weight is 222 g/mol. The van der Waals surface area contributed by atoms with Gasteiger partial charge in [-0.1, -0.05) is 10.9 Å². The van der Waals surface area contributed by atoms with Crippen LogP contribution in [0.2, 0.25) is 0 Å². The quantitative estimate of drug-likeness (QED) is 0.290. The Morgan fingerprint density at radius 3 is 2.27 bits per heavy atom. The lowest BCUT2D eigenvalue weighted by Gasteiger charge is -1.87. The summed E-state index contributed by atoms with van der Waals surface area (Å²) in [5, 5.41) is 29.7. The van der Waals surface area contributed by atoms with Crippen LogP contribution in [0.5, 0.6) is 0 Å². The highest BCUT2D eigenvalue weighted by molar-refractivity contribution is 5.29. The maximum atomic E-state index is 9.85. The molecule has 0 amide bonds. The lowest BCUT2D eigenvalue weighted by molar-refractivity contribution is -0.446. The van der Waals surface area contributed by atoms with E-state index >= 15 is 0 Å². The predicted molar refractivity (Wildman–Crippen MR) is 43.6 cm³/mol. The smallest absolute Gasteiger partial charge is 0.305 e. The maximum absolute atomic E-state index is 9.85. The van der Waals surface area contributed by atoms with Crippen molar-refractivity contribution in [2.24, 2.45) is 5.90 Å². The van der Waals surface area contributed by atoms with Crippen LogP contribution in [0, 0.1) is 20.2 Å². The Morgan fingerprint density at radius 1 is 1.27 bits per heavy atom. The number of nitro groups is 2. The average Bonchev–Trinajstić information content (AvgIpc) is 2.54. The maximum Gasteiger partial charge on any atom is 0.305 e. The van der Waals surface area contributed by atoms with E-state index in [1.165, 1.54) is 0 Å². The minimum Gasteiger partial charge on any atom is -0.320 e. The number of hydrogen-bond acceptors (Lipinski definition) is 8. The van der Waals surface area contributed by atoms with Crippen LogP contribution in [-0.4, -0.2) is 30.5 Å². The summed E-state index contributed by atoms with van der Waals surface area (Å²) in [6.45, 7) is 0. The highest BCUT2D eigenvalue weighted by Gasteiger charge is 2.09. The van der Waals surface area contributed by atoms with Gasteiger partial charge in [0.1, 0.15) is 0 Å². The number of nitrogens with two attached hydrogens (primary N) is 1. The molecular weight excluding hydrogens is 216 g/mol. The summed E-state index contributed by atoms with van der Waals surface area (Å²) >= 11 is 0. The van der Waals surface area contributed by atoms with Gasteiger partial charge in [0, 0.05) is 0 Å². The molecule has 0 bridgehead atoms. The Bertz CT molecular complexity index is 303. The van der Waals surface area contributed by atoms with Crippen molar-refractivity contribution in [1.29, 1.82) is 0 Å². The molecule has 1 heterocycles. The van der Waals surface area contributed by atoms with Crippen LogP contribution in [0.15, 0.2) is 0 Å². The monoisotopic (exact) mass is 222 g/mol. The fourth-order valence-corrected chi connectivity index (χ4v) is 0.530. The van der Waals surface area contributed by atoms with Crippen LogP contribution in [0.1, 0.15) is 0 Å². The molecule has 0 aliphatic carbocycles. The molecule has 1 rings (SSSR count). The molecule has 6 N–H and O–H groups in total. The summed E-state index contributed by atoms with van der Waals surface area (Å²) in [4.78, 5) is 23.0. The lowest BCUT2D eigenvalue weighted by atomic mass is 11.0. The van der Waals surface area contributed by atoms with E-state index in [0.29, 0.717) is 0 Å². The first-order chi connectivity index (χ1) is 7.08. The molecule has 13 nitrogen and oxygen atoms in total. The summed E-state index contributed by atoms with van der Waals surface area (Å²) in [6.07, 6.45) is 0. The van der Waals surface area contributed by atoms with E-state index in [-0.39, 0.29) is 11.9 Å². The minimum atomic E-state index is -0.890. The van der Waals surface area contributed by atoms with Crippen LogP contribution < -0.4 is 16.7 Å². The molecule has 0 saturated heterocycles. The van der Waals surface area contributed by atoms with E-state index in [9.17, 15) is 20.2 Å². The van der Waals surface area contributed by atoms with Gasteiger partial charge in [-0.2, -0.15) is 4.98 Å². The fraction of sp³-hybridized carbons (Fsp3) is 0. The van der Waals surface area contributed by atoms with E-state index in [0.717, 1.165) is 0 Å². The molecule has 1 aromatic rings. The van der Waals surface area contributed by atoms with Crippen molar-refractivity contribution < 1.29 is 15.3 Å². The van der Waals surface area contributed by atoms with E-state index in [1.807, 2.05) is 0 Å². The third-order valence-corrected chi connectivity index (χ3v) is 0.874. The predicted octanol–water partition coefficient (Wildman–Crippen LogP) is -1.65. The Kier molecular flexibility index (Phi) is 4.98. The van der Waals surface area contributed by atoms with Crippen LogP contribution in [-0.2, 0) is 0 Å². The zero-order valence-corrected chi connectivity index (χ0v) is 6.95. The number of nitrogens with zero attached hydrogens (tertiary/aromatic N) is 4. The van der Waals surface area contributed by atoms with Gasteiger partial charge in [-0.15, -0.1) is 5.10 Å². The summed E-state index contributed by atoms with van der Waals surface area (Å²) < 4.78 is 0. The highest BCUT2D eigenvalue weighted by Crippen LogP contribution is 2.01. The van der Waals surface area contributed by atoms with Gasteiger partial charge in [0.25, 0.3) is 5.95 Å². The van der Waals surface area contributed by atoms with Gasteiger partial charge in [0.2, 0.25) is 0 Å². The first-order valence-electron chi connectivity index (χ1n) is 3.08. The number of H-pyrrole nitrogens is 1. The Morgan fingerprint density at radius 2 is 1.80 bits per heavy atom. The number of hydrazine groups is 2. The van der Waals surface area contributed by atoms with Gasteiger partial charge in [-0.3, -0.25) is 0 Å². The molecule has 0 atom stereocenters. The van der Waals surface area contributed by atoms with Crippen LogP contribution in [0.4, 0.5) is 11.9 Å². The topological polar surface area (TPSA) is 198 Å². The van der Waals surface area contributed by atoms with Crippen molar-refractivity contribution in [2.45, 2.75) is 0 Å². The second-order valence-electron chi connectivity index (χ2n) is 1.75. The van der Waals surface area contributed by atoms with Gasteiger partial charge in [0.05, 0.1) is 0 Å². The standard InChI is InChI=1S/C2H3N7O4.H3NO/c10-8(11)6-1-3-2(5-4-1)7-9(12)13;1-2/h(H3,3,4,5,6,7);2H,1H2. The number of hydrogen-bond donors (Lipinski definition) is 5. The van der Waals surface area contributed by atoms with E-state index in [2.05, 4.69) is 21.1 Å². The Labute approximate surface area is 80.5 Å². The SMILES string of the molecule is NO.O=[N+]([O-])Nc1n[nH]c(N[N+](=O)[O-])n1. The van der Waals surface area contributed by atoms with Gasteiger partial charge >= 0.3 is 5.95 Å². The molecule has 0 aliphatic rings. The fourth-order valence-electron chi connectivity index (χ4n) is 0.530. The van der Waals surface area contributed by atoms with Crippen LogP contribution in [0.3, 0.4) is 0 Å². The van der Waals surface area contributed by atoms with Crippen molar-refractivity contribution in [2.75, 3.05) is 10.9 Å². The van der Waals surface area contributed by atoms with Gasteiger partial charge in [-0.05, 0) is 0 Å². The number of anilines is 2. The van der Waals surface area contributed by atoms with E-state index < -0.39 is 10.1 Å². The molecule has 0 aromatic carbocycles. The largest absolute Gasteiger partial charge is 0.320 e. The normalized spacial score (nSPS) is 8.40. The molecule has 15 heavy (non-hydrogen) atoms. The second kappa shape index (κ2) is 6.00. The first-order valence-corrected chi connectivity index (χ1v) is 3.08. The van der Waals surface area contributed by atoms with Gasteiger partial charge < -0.3 is 5.21 Å². The molecule has 84 valence electrons. The minimum absolute atomic E-state index is 0.297. The number of aromatic amines is 1. The molecule has 13 heteroatoms. The Hall–Kier alpha value is -2.54. The van der Waals surface area contributed by atoms with Crippen molar-refractivity contribution >= 4 is 11.9 Å². The number of nitrogens with one attached hydrogen (secondary N) is 3. The van der Waals surface area contributed by atoms with E-state index in [4.69, 9.17) is 5.21 Å². The van der Waals surface area contributed by atoms with Crippen molar-refractivity contribution in [3.63, 3.8) is 0 Å².